The zero-order valence-electron chi connectivity index (χ0n) is 51.8. The van der Waals surface area contributed by atoms with Crippen LogP contribution in [0.1, 0.15) is 107 Å². The van der Waals surface area contributed by atoms with Gasteiger partial charge in [0.2, 0.25) is 0 Å². The lowest BCUT2D eigenvalue weighted by atomic mass is 9.38. The van der Waals surface area contributed by atoms with Crippen LogP contribution in [0.4, 0.5) is 0 Å². The van der Waals surface area contributed by atoms with Crippen LogP contribution in [-0.4, -0.2) is 308 Å². The number of fused-ring (bicyclic) bond motifs is 5. The lowest BCUT2D eigenvalue weighted by molar-refractivity contribution is -0.380. The van der Waals surface area contributed by atoms with E-state index >= 15 is 0 Å². The minimum atomic E-state index is -1.96. The molecule has 5 heterocycles. The molecule has 8 fully saturated rings. The molecule has 5 unspecified atom stereocenters. The molecular weight excluding hydrogens is 1180 g/mol. The summed E-state index contributed by atoms with van der Waals surface area (Å²) >= 11 is 0. The monoisotopic (exact) mass is 1290 g/mol. The third-order valence-corrected chi connectivity index (χ3v) is 22.9. The van der Waals surface area contributed by atoms with E-state index < -0.39 is 227 Å². The number of rotatable bonds is 20. The molecule has 9 aliphatic rings. The molecule has 89 heavy (non-hydrogen) atoms. The SMILES string of the molecule is C[C@H](CC[C@@H](O[C@@H]1O[C@H](CO[C@@H]2O[C@H](CO)[C@@H](O)[C@H](O)[C@H]2O)[C@@H](O)[C@H](O)[C@H]1OC1O[C@H](CO)[C@@H](O)[C@H](O)[C@H]1O)C(C)(C)O)C1CC[C@@]2(C)C3CC=C4C(CCC(O[C@@H]5O[C@H](CO)[C@@H](O[C@@H]6O[C@H](CO)[C@@H](O)[C@H](O)[C@H]6O)[C@H](O)[C@H]5O)C4(C)C)[C@]3(C)[C@H](O)C[C@]12C. The second kappa shape index (κ2) is 27.6. The van der Waals surface area contributed by atoms with Crippen molar-refractivity contribution in [3.05, 3.63) is 11.6 Å². The Hall–Kier alpha value is -1.42. The standard InChI is InChI=1S/C60H102O29/c1-23(9-13-35(57(4,5)79)87-55-50(89-54-47(77)42(72)38(68)29(20-63)83-54)43(73)39(69)31(85-55)22-80-51-45(75)40(70)36(66)27(18-61)81-51)24-15-16-58(6)32-12-10-25-26(60(32,8)33(65)17-59(24,58)7)11-14-34(56(25,2)3)86-52-48(78)44(74)49(30(21-64)84-52)88-53-46(76)41(71)37(67)28(19-62)82-53/h10,23-24,26-55,61-79H,9,11-22H2,1-8H3/t23-,24?,26?,27-,28-,29-,30-,31-,32?,33-,34?,35-,36-,37-,38-,39-,40+,41+,42+,43+,44-,45-,46-,47-,48-,49-,50-,51-,52+,53+,54?,55+,58+,59-,60+/m1/s1. The zero-order chi connectivity index (χ0) is 65.5. The molecular formula is C60H102O29. The molecule has 0 bridgehead atoms. The van der Waals surface area contributed by atoms with Gasteiger partial charge in [-0.05, 0) is 99.7 Å². The molecule has 0 spiro atoms. The zero-order valence-corrected chi connectivity index (χ0v) is 51.8. The highest BCUT2D eigenvalue weighted by atomic mass is 16.8. The van der Waals surface area contributed by atoms with Crippen LogP contribution in [0, 0.1) is 45.3 Å². The van der Waals surface area contributed by atoms with Gasteiger partial charge in [0.15, 0.2) is 31.5 Å². The largest absolute Gasteiger partial charge is 0.394 e. The van der Waals surface area contributed by atoms with Gasteiger partial charge < -0.3 is 144 Å². The Kier molecular flexibility index (Phi) is 22.3. The van der Waals surface area contributed by atoms with Crippen molar-refractivity contribution >= 4 is 0 Å². The number of hydrogen-bond acceptors (Lipinski definition) is 29. The summed E-state index contributed by atoms with van der Waals surface area (Å²) in [4.78, 5) is 0. The lowest BCUT2D eigenvalue weighted by Crippen LogP contribution is -2.66. The Bertz CT molecular complexity index is 2340. The third kappa shape index (κ3) is 13.0. The fourth-order valence-electron chi connectivity index (χ4n) is 17.1. The molecule has 9 rings (SSSR count). The van der Waals surface area contributed by atoms with Crippen LogP contribution in [-0.2, 0) is 47.4 Å². The third-order valence-electron chi connectivity index (χ3n) is 22.9. The Morgan fingerprint density at radius 1 is 0.517 bits per heavy atom. The summed E-state index contributed by atoms with van der Waals surface area (Å²) in [6.45, 7) is 12.3. The Morgan fingerprint density at radius 3 is 1.52 bits per heavy atom. The Morgan fingerprint density at radius 2 is 0.978 bits per heavy atom. The van der Waals surface area contributed by atoms with Gasteiger partial charge in [-0.25, -0.2) is 0 Å². The van der Waals surface area contributed by atoms with E-state index in [-0.39, 0.29) is 35.5 Å². The number of hydrogen-bond donors (Lipinski definition) is 19. The predicted molar refractivity (Wildman–Crippen MR) is 300 cm³/mol. The summed E-state index contributed by atoms with van der Waals surface area (Å²) in [5, 5.41) is 205. The maximum absolute atomic E-state index is 12.8. The molecule has 35 atom stereocenters. The molecule has 516 valence electrons. The van der Waals surface area contributed by atoms with Crippen molar-refractivity contribution in [2.75, 3.05) is 33.0 Å². The van der Waals surface area contributed by atoms with E-state index in [9.17, 15) is 97.0 Å². The van der Waals surface area contributed by atoms with Crippen LogP contribution in [0.25, 0.3) is 0 Å². The topological polar surface area (TPSA) is 477 Å². The van der Waals surface area contributed by atoms with Gasteiger partial charge in [0.05, 0.1) is 56.9 Å². The second-order valence-corrected chi connectivity index (χ2v) is 28.7. The van der Waals surface area contributed by atoms with Crippen molar-refractivity contribution in [3.8, 4) is 0 Å². The first kappa shape index (κ1) is 71.9. The molecule has 0 aromatic heterocycles. The van der Waals surface area contributed by atoms with E-state index in [1.165, 1.54) is 13.8 Å². The highest BCUT2D eigenvalue weighted by Crippen LogP contribution is 2.75. The minimum Gasteiger partial charge on any atom is -0.394 e. The van der Waals surface area contributed by atoms with Gasteiger partial charge in [-0.1, -0.05) is 53.2 Å². The van der Waals surface area contributed by atoms with Gasteiger partial charge in [-0.15, -0.1) is 0 Å². The molecule has 19 N–H and O–H groups in total. The number of ether oxygens (including phenoxy) is 10. The van der Waals surface area contributed by atoms with Crippen molar-refractivity contribution in [1.29, 1.82) is 0 Å². The van der Waals surface area contributed by atoms with Crippen LogP contribution in [0.15, 0.2) is 11.6 Å². The van der Waals surface area contributed by atoms with E-state index in [1.54, 1.807) is 0 Å². The maximum atomic E-state index is 12.8. The normalized spacial score (nSPS) is 51.8. The van der Waals surface area contributed by atoms with Crippen LogP contribution in [0.2, 0.25) is 0 Å². The molecule has 0 amide bonds. The minimum absolute atomic E-state index is 0.0310. The maximum Gasteiger partial charge on any atom is 0.187 e. The van der Waals surface area contributed by atoms with Crippen LogP contribution in [0.5, 0.6) is 0 Å². The Balaban J connectivity index is 0.884. The van der Waals surface area contributed by atoms with Gasteiger partial charge in [-0.3, -0.25) is 0 Å². The van der Waals surface area contributed by atoms with Crippen molar-refractivity contribution in [2.45, 2.75) is 284 Å². The summed E-state index contributed by atoms with van der Waals surface area (Å²) in [5.74, 6) is -0.0172. The van der Waals surface area contributed by atoms with Gasteiger partial charge in [-0.2, -0.15) is 0 Å². The predicted octanol–water partition coefficient (Wildman–Crippen LogP) is -5.41. The molecule has 0 aromatic rings. The molecule has 5 saturated heterocycles. The summed E-state index contributed by atoms with van der Waals surface area (Å²) < 4.78 is 59.5. The summed E-state index contributed by atoms with van der Waals surface area (Å²) in [6.07, 6.45) is -37.7. The first-order valence-electron chi connectivity index (χ1n) is 31.6. The van der Waals surface area contributed by atoms with Gasteiger partial charge in [0, 0.05) is 10.8 Å². The second-order valence-electron chi connectivity index (χ2n) is 28.7. The summed E-state index contributed by atoms with van der Waals surface area (Å²) in [6, 6.07) is 0. The number of aliphatic hydroxyl groups excluding tert-OH is 18. The Labute approximate surface area is 517 Å². The van der Waals surface area contributed by atoms with Gasteiger partial charge in [0.1, 0.15) is 122 Å². The van der Waals surface area contributed by atoms with Gasteiger partial charge in [0.25, 0.3) is 0 Å². The van der Waals surface area contributed by atoms with Crippen LogP contribution in [0.3, 0.4) is 0 Å². The van der Waals surface area contributed by atoms with E-state index in [1.807, 2.05) is 13.8 Å². The molecule has 3 saturated carbocycles. The first-order chi connectivity index (χ1) is 41.7. The van der Waals surface area contributed by atoms with Crippen LogP contribution >= 0.6 is 0 Å². The summed E-state index contributed by atoms with van der Waals surface area (Å²) in [7, 11) is 0. The molecule has 29 nitrogen and oxygen atoms in total. The highest BCUT2D eigenvalue weighted by Gasteiger charge is 2.71. The van der Waals surface area contributed by atoms with Crippen molar-refractivity contribution in [3.63, 3.8) is 0 Å². The van der Waals surface area contributed by atoms with Crippen molar-refractivity contribution in [2.24, 2.45) is 45.3 Å². The quantitative estimate of drug-likeness (QED) is 0.0506. The van der Waals surface area contributed by atoms with Gasteiger partial charge >= 0.3 is 0 Å². The van der Waals surface area contributed by atoms with E-state index in [0.717, 1.165) is 18.4 Å². The first-order valence-corrected chi connectivity index (χ1v) is 31.6. The molecule has 0 aromatic carbocycles. The lowest BCUT2D eigenvalue weighted by Gasteiger charge is -2.67. The van der Waals surface area contributed by atoms with E-state index in [2.05, 4.69) is 33.8 Å². The highest BCUT2D eigenvalue weighted by molar-refractivity contribution is 5.32. The number of allylic oxidation sites excluding steroid dienone is 1. The molecule has 4 aliphatic carbocycles. The fourth-order valence-corrected chi connectivity index (χ4v) is 17.1. The molecule has 5 aliphatic heterocycles. The number of aliphatic hydroxyl groups is 19. The fraction of sp³-hybridized carbons (Fsp3) is 0.967. The van der Waals surface area contributed by atoms with Crippen molar-refractivity contribution in [1.82, 2.24) is 0 Å². The average Bonchev–Trinajstić information content (AvgIpc) is 1.66. The summed E-state index contributed by atoms with van der Waals surface area (Å²) in [5.41, 5.74) is -2.49. The molecule has 29 heteroatoms. The smallest absolute Gasteiger partial charge is 0.187 e. The van der Waals surface area contributed by atoms with E-state index in [4.69, 9.17) is 47.4 Å². The van der Waals surface area contributed by atoms with Crippen LogP contribution < -0.4 is 0 Å². The average molecular weight is 1290 g/mol. The van der Waals surface area contributed by atoms with Crippen molar-refractivity contribution < 1.29 is 144 Å². The molecule has 0 radical (unpaired) electrons. The van der Waals surface area contributed by atoms with E-state index in [0.29, 0.717) is 32.1 Å².